The van der Waals surface area contributed by atoms with Crippen LogP contribution in [0.25, 0.3) is 0 Å². The first kappa shape index (κ1) is 26.3. The first-order chi connectivity index (χ1) is 17.5. The highest BCUT2D eigenvalue weighted by Gasteiger charge is 2.19. The van der Waals surface area contributed by atoms with Gasteiger partial charge in [-0.1, -0.05) is 59.6 Å². The summed E-state index contributed by atoms with van der Waals surface area (Å²) < 4.78 is 11.4. The molecule has 4 rings (SSSR count). The number of nitrogens with zero attached hydrogens (tertiary/aromatic N) is 2. The SMILES string of the molecule is COc1cc(C(=O)CCCCN2CCN(c3cccc(Cl)c3Cl)CC2)ccc1OCc1ccccc1. The van der Waals surface area contributed by atoms with Crippen LogP contribution in [0.5, 0.6) is 11.5 Å². The zero-order valence-electron chi connectivity index (χ0n) is 20.6. The Morgan fingerprint density at radius 1 is 0.889 bits per heavy atom. The minimum atomic E-state index is 0.128. The van der Waals surface area contributed by atoms with Gasteiger partial charge in [0.05, 0.1) is 22.8 Å². The van der Waals surface area contributed by atoms with Crippen molar-refractivity contribution in [1.29, 1.82) is 0 Å². The van der Waals surface area contributed by atoms with Crippen molar-refractivity contribution in [3.05, 3.63) is 87.9 Å². The van der Waals surface area contributed by atoms with Gasteiger partial charge in [0.1, 0.15) is 6.61 Å². The smallest absolute Gasteiger partial charge is 0.163 e. The first-order valence-electron chi connectivity index (χ1n) is 12.3. The van der Waals surface area contributed by atoms with E-state index in [0.29, 0.717) is 40.1 Å². The number of rotatable bonds is 11. The summed E-state index contributed by atoms with van der Waals surface area (Å²) >= 11 is 12.5. The van der Waals surface area contributed by atoms with Gasteiger partial charge in [-0.2, -0.15) is 0 Å². The first-order valence-corrected chi connectivity index (χ1v) is 13.1. The fraction of sp³-hybridized carbons (Fsp3) is 0.345. The van der Waals surface area contributed by atoms with Gasteiger partial charge in [-0.25, -0.2) is 0 Å². The van der Waals surface area contributed by atoms with Crippen molar-refractivity contribution in [2.75, 3.05) is 44.7 Å². The minimum absolute atomic E-state index is 0.128. The van der Waals surface area contributed by atoms with Gasteiger partial charge < -0.3 is 14.4 Å². The minimum Gasteiger partial charge on any atom is -0.493 e. The molecule has 0 radical (unpaired) electrons. The molecule has 0 atom stereocenters. The topological polar surface area (TPSA) is 42.0 Å². The summed E-state index contributed by atoms with van der Waals surface area (Å²) in [6.07, 6.45) is 2.36. The van der Waals surface area contributed by atoms with Crippen molar-refractivity contribution in [3.63, 3.8) is 0 Å². The van der Waals surface area contributed by atoms with Gasteiger partial charge in [-0.05, 0) is 55.3 Å². The highest BCUT2D eigenvalue weighted by molar-refractivity contribution is 6.43. The van der Waals surface area contributed by atoms with Gasteiger partial charge >= 0.3 is 0 Å². The van der Waals surface area contributed by atoms with Crippen molar-refractivity contribution in [2.24, 2.45) is 0 Å². The molecule has 190 valence electrons. The molecule has 36 heavy (non-hydrogen) atoms. The summed E-state index contributed by atoms with van der Waals surface area (Å²) in [6, 6.07) is 21.2. The van der Waals surface area contributed by atoms with Crippen LogP contribution in [0.4, 0.5) is 5.69 Å². The predicted octanol–water partition coefficient (Wildman–Crippen LogP) is 6.76. The molecule has 0 unspecified atom stereocenters. The van der Waals surface area contributed by atoms with E-state index in [1.165, 1.54) is 0 Å². The highest BCUT2D eigenvalue weighted by Crippen LogP contribution is 2.33. The number of unbranched alkanes of at least 4 members (excludes halogenated alkanes) is 1. The lowest BCUT2D eigenvalue weighted by molar-refractivity contribution is 0.0977. The van der Waals surface area contributed by atoms with E-state index in [2.05, 4.69) is 9.80 Å². The predicted molar refractivity (Wildman–Crippen MR) is 147 cm³/mol. The Morgan fingerprint density at radius 2 is 1.67 bits per heavy atom. The van der Waals surface area contributed by atoms with Crippen LogP contribution >= 0.6 is 23.2 Å². The van der Waals surface area contributed by atoms with Crippen molar-refractivity contribution in [1.82, 2.24) is 4.90 Å². The summed E-state index contributed by atoms with van der Waals surface area (Å²) in [4.78, 5) is 17.5. The van der Waals surface area contributed by atoms with Gasteiger partial charge in [-0.3, -0.25) is 9.69 Å². The van der Waals surface area contributed by atoms with Gasteiger partial charge in [0.15, 0.2) is 17.3 Å². The molecule has 1 heterocycles. The van der Waals surface area contributed by atoms with E-state index in [9.17, 15) is 4.79 Å². The molecule has 5 nitrogen and oxygen atoms in total. The number of benzene rings is 3. The van der Waals surface area contributed by atoms with Crippen molar-refractivity contribution >= 4 is 34.7 Å². The summed E-state index contributed by atoms with van der Waals surface area (Å²) in [5, 5.41) is 1.21. The molecule has 0 aromatic heterocycles. The molecule has 0 amide bonds. The second kappa shape index (κ2) is 13.0. The molecular formula is C29H32Cl2N2O3. The number of hydrogen-bond donors (Lipinski definition) is 0. The number of hydrogen-bond acceptors (Lipinski definition) is 5. The molecular weight excluding hydrogens is 495 g/mol. The molecule has 0 aliphatic carbocycles. The monoisotopic (exact) mass is 526 g/mol. The van der Waals surface area contributed by atoms with Gasteiger partial charge in [-0.15, -0.1) is 0 Å². The second-order valence-corrected chi connectivity index (χ2v) is 9.71. The van der Waals surface area contributed by atoms with Crippen LogP contribution < -0.4 is 14.4 Å². The average Bonchev–Trinajstić information content (AvgIpc) is 2.92. The number of carbonyl (C=O) groups is 1. The molecule has 3 aromatic carbocycles. The number of anilines is 1. The molecule has 7 heteroatoms. The maximum absolute atomic E-state index is 12.8. The highest BCUT2D eigenvalue weighted by atomic mass is 35.5. The van der Waals surface area contributed by atoms with Gasteiger partial charge in [0, 0.05) is 38.2 Å². The van der Waals surface area contributed by atoms with Crippen LogP contribution in [0, 0.1) is 0 Å². The van der Waals surface area contributed by atoms with E-state index in [1.54, 1.807) is 13.2 Å². The third-order valence-corrected chi connectivity index (χ3v) is 7.30. The van der Waals surface area contributed by atoms with Gasteiger partial charge in [0.25, 0.3) is 0 Å². The molecule has 0 saturated carbocycles. The fourth-order valence-corrected chi connectivity index (χ4v) is 4.82. The summed E-state index contributed by atoms with van der Waals surface area (Å²) in [7, 11) is 1.60. The molecule has 1 aliphatic rings. The number of carbonyl (C=O) groups excluding carboxylic acids is 1. The quantitative estimate of drug-likeness (QED) is 0.204. The van der Waals surface area contributed by atoms with Crippen molar-refractivity contribution < 1.29 is 14.3 Å². The van der Waals surface area contributed by atoms with E-state index >= 15 is 0 Å². The Balaban J connectivity index is 1.19. The summed E-state index contributed by atoms with van der Waals surface area (Å²) in [5.41, 5.74) is 2.74. The lowest BCUT2D eigenvalue weighted by Gasteiger charge is -2.36. The number of halogens is 2. The zero-order chi connectivity index (χ0) is 25.3. The average molecular weight is 527 g/mol. The molecule has 3 aromatic rings. The van der Waals surface area contributed by atoms with Crippen molar-refractivity contribution in [2.45, 2.75) is 25.9 Å². The normalized spacial score (nSPS) is 14.0. The van der Waals surface area contributed by atoms with Crippen LogP contribution in [0.15, 0.2) is 66.7 Å². The zero-order valence-corrected chi connectivity index (χ0v) is 22.1. The lowest BCUT2D eigenvalue weighted by Crippen LogP contribution is -2.46. The molecule has 0 N–H and O–H groups in total. The third-order valence-electron chi connectivity index (χ3n) is 6.50. The molecule has 1 fully saturated rings. The Bertz CT molecular complexity index is 1150. The van der Waals surface area contributed by atoms with Crippen LogP contribution in [0.3, 0.4) is 0 Å². The van der Waals surface area contributed by atoms with Gasteiger partial charge in [0.2, 0.25) is 0 Å². The van der Waals surface area contributed by atoms with Crippen molar-refractivity contribution in [3.8, 4) is 11.5 Å². The number of methoxy groups -OCH3 is 1. The third kappa shape index (κ3) is 6.94. The number of ketones is 1. The number of Topliss-reactive ketones (excluding diaryl/α,β-unsaturated/α-hetero) is 1. The van der Waals surface area contributed by atoms with Crippen LogP contribution in [-0.4, -0.2) is 50.5 Å². The summed E-state index contributed by atoms with van der Waals surface area (Å²) in [5.74, 6) is 1.34. The van der Waals surface area contributed by atoms with E-state index in [-0.39, 0.29) is 5.78 Å². The van der Waals surface area contributed by atoms with E-state index in [1.807, 2.05) is 60.7 Å². The maximum atomic E-state index is 12.8. The molecule has 1 saturated heterocycles. The van der Waals surface area contributed by atoms with E-state index < -0.39 is 0 Å². The molecule has 1 aliphatic heterocycles. The second-order valence-electron chi connectivity index (χ2n) is 8.92. The molecule has 0 bridgehead atoms. The van der Waals surface area contributed by atoms with E-state index in [0.717, 1.165) is 56.8 Å². The van der Waals surface area contributed by atoms with Crippen LogP contribution in [-0.2, 0) is 6.61 Å². The largest absolute Gasteiger partial charge is 0.493 e. The Morgan fingerprint density at radius 3 is 2.42 bits per heavy atom. The summed E-state index contributed by atoms with van der Waals surface area (Å²) in [6.45, 7) is 5.21. The Kier molecular flexibility index (Phi) is 9.51. The Hall–Kier alpha value is -2.73. The maximum Gasteiger partial charge on any atom is 0.163 e. The fourth-order valence-electron chi connectivity index (χ4n) is 4.41. The lowest BCUT2D eigenvalue weighted by atomic mass is 10.0. The Labute approximate surface area is 223 Å². The standard InChI is InChI=1S/C29H32Cl2N2O3/c1-35-28-20-23(13-14-27(28)36-21-22-8-3-2-4-9-22)26(34)12-5-6-15-32-16-18-33(19-17-32)25-11-7-10-24(30)29(25)31/h2-4,7-11,13-14,20H,5-6,12,15-19,21H2,1H3. The van der Waals surface area contributed by atoms with Crippen LogP contribution in [0.2, 0.25) is 10.0 Å². The number of piperazine rings is 1. The number of ether oxygens (including phenoxy) is 2. The van der Waals surface area contributed by atoms with E-state index in [4.69, 9.17) is 32.7 Å². The van der Waals surface area contributed by atoms with Crippen LogP contribution in [0.1, 0.15) is 35.2 Å². The molecule has 0 spiro atoms.